The highest BCUT2D eigenvalue weighted by atomic mass is 16.3. The topological polar surface area (TPSA) is 69.9 Å². The Morgan fingerprint density at radius 1 is 0.298 bits per heavy atom. The zero-order chi connectivity index (χ0) is 37.5. The van der Waals surface area contributed by atoms with Crippen LogP contribution in [-0.2, 0) is 0 Å². The third-order valence-electron chi connectivity index (χ3n) is 11.1. The number of hydrogen-bond acceptors (Lipinski definition) is 5. The monoisotopic (exact) mass is 730 g/mol. The molecule has 0 amide bonds. The lowest BCUT2D eigenvalue weighted by Crippen LogP contribution is -2.00. The molecule has 0 atom stereocenters. The van der Waals surface area contributed by atoms with Gasteiger partial charge in [-0.15, -0.1) is 0 Å². The Morgan fingerprint density at radius 2 is 0.754 bits per heavy atom. The molecule has 0 aliphatic rings. The van der Waals surface area contributed by atoms with Crippen LogP contribution in [0, 0.1) is 0 Å². The number of benzene rings is 8. The largest absolute Gasteiger partial charge is 0.456 e. The van der Waals surface area contributed by atoms with Crippen LogP contribution in [0.15, 0.2) is 191 Å². The molecule has 266 valence electrons. The van der Waals surface area contributed by atoms with E-state index in [0.717, 1.165) is 77.4 Å². The van der Waals surface area contributed by atoms with Crippen LogP contribution in [0.5, 0.6) is 0 Å². The van der Waals surface area contributed by atoms with Crippen LogP contribution in [0.3, 0.4) is 0 Å². The smallest absolute Gasteiger partial charge is 0.164 e. The van der Waals surface area contributed by atoms with E-state index in [1.807, 2.05) is 72.8 Å². The van der Waals surface area contributed by atoms with Crippen LogP contribution in [0.4, 0.5) is 0 Å². The lowest BCUT2D eigenvalue weighted by atomic mass is 10.0. The van der Waals surface area contributed by atoms with Crippen molar-refractivity contribution in [3.05, 3.63) is 182 Å². The molecule has 57 heavy (non-hydrogen) atoms. The van der Waals surface area contributed by atoms with Gasteiger partial charge in [0.05, 0.1) is 11.0 Å². The number of nitrogens with zero attached hydrogens (tertiary/aromatic N) is 4. The quantitative estimate of drug-likeness (QED) is 0.176. The molecule has 0 bridgehead atoms. The molecule has 0 radical (unpaired) electrons. The standard InChI is InChI=1S/C51H30N4O2/c1-3-11-31(12-4-1)49-52-50(32-13-5-2-6-14-32)54-51(53-49)35-21-26-46-42(28-35)41-27-33(20-25-45(41)56-46)34-19-23-39-40-24-22-36(30-48(40)57-47(39)29-34)55-43-17-9-7-15-37(43)38-16-8-10-18-44(38)55/h1-30H. The Balaban J connectivity index is 0.948. The first kappa shape index (κ1) is 31.5. The highest BCUT2D eigenvalue weighted by molar-refractivity contribution is 6.11. The zero-order valence-corrected chi connectivity index (χ0v) is 30.4. The van der Waals surface area contributed by atoms with Crippen LogP contribution in [-0.4, -0.2) is 19.5 Å². The van der Waals surface area contributed by atoms with Crippen LogP contribution in [0.2, 0.25) is 0 Å². The van der Waals surface area contributed by atoms with Crippen LogP contribution < -0.4 is 0 Å². The second-order valence-corrected chi connectivity index (χ2v) is 14.4. The van der Waals surface area contributed by atoms with Crippen molar-refractivity contribution in [2.75, 3.05) is 0 Å². The minimum atomic E-state index is 0.603. The Hall–Kier alpha value is -7.83. The van der Waals surface area contributed by atoms with Crippen molar-refractivity contribution in [3.8, 4) is 51.0 Å². The molecule has 0 saturated carbocycles. The van der Waals surface area contributed by atoms with Crippen LogP contribution >= 0.6 is 0 Å². The summed E-state index contributed by atoms with van der Waals surface area (Å²) < 4.78 is 15.3. The number of rotatable bonds is 5. The highest BCUT2D eigenvalue weighted by Crippen LogP contribution is 2.39. The lowest BCUT2D eigenvalue weighted by molar-refractivity contribution is 0.669. The summed E-state index contributed by atoms with van der Waals surface area (Å²) in [6.45, 7) is 0. The maximum absolute atomic E-state index is 6.62. The molecule has 12 rings (SSSR count). The van der Waals surface area contributed by atoms with Crippen molar-refractivity contribution in [2.24, 2.45) is 0 Å². The van der Waals surface area contributed by atoms with E-state index in [1.165, 1.54) is 21.8 Å². The number of fused-ring (bicyclic) bond motifs is 9. The van der Waals surface area contributed by atoms with Crippen LogP contribution in [0.1, 0.15) is 0 Å². The minimum Gasteiger partial charge on any atom is -0.456 e. The Kier molecular flexibility index (Phi) is 6.83. The molecular weight excluding hydrogens is 701 g/mol. The molecule has 6 heteroatoms. The fourth-order valence-corrected chi connectivity index (χ4v) is 8.32. The molecular formula is C51H30N4O2. The number of hydrogen-bond donors (Lipinski definition) is 0. The first-order valence-electron chi connectivity index (χ1n) is 19.0. The number of furan rings is 2. The predicted molar refractivity (Wildman–Crippen MR) is 230 cm³/mol. The van der Waals surface area contributed by atoms with E-state index in [4.69, 9.17) is 23.8 Å². The summed E-state index contributed by atoms with van der Waals surface area (Å²) in [6, 6.07) is 62.8. The molecule has 0 spiro atoms. The molecule has 4 aromatic heterocycles. The first-order chi connectivity index (χ1) is 28.2. The second kappa shape index (κ2) is 12.3. The van der Waals surface area contributed by atoms with Gasteiger partial charge in [0.25, 0.3) is 0 Å². The van der Waals surface area contributed by atoms with E-state index < -0.39 is 0 Å². The minimum absolute atomic E-state index is 0.603. The number of para-hydroxylation sites is 2. The first-order valence-corrected chi connectivity index (χ1v) is 19.0. The van der Waals surface area contributed by atoms with E-state index in [2.05, 4.69) is 114 Å². The molecule has 12 aromatic rings. The van der Waals surface area contributed by atoms with Crippen molar-refractivity contribution in [3.63, 3.8) is 0 Å². The van der Waals surface area contributed by atoms with Crippen molar-refractivity contribution >= 4 is 65.7 Å². The van der Waals surface area contributed by atoms with Gasteiger partial charge < -0.3 is 13.4 Å². The summed E-state index contributed by atoms with van der Waals surface area (Å²) in [6.07, 6.45) is 0. The Labute approximate surface area is 325 Å². The lowest BCUT2D eigenvalue weighted by Gasteiger charge is -2.08. The van der Waals surface area contributed by atoms with Gasteiger partial charge in [-0.3, -0.25) is 0 Å². The molecule has 0 aliphatic carbocycles. The van der Waals surface area contributed by atoms with Crippen LogP contribution in [0.25, 0.3) is 117 Å². The normalized spacial score (nSPS) is 11.9. The van der Waals surface area contributed by atoms with Crippen molar-refractivity contribution < 1.29 is 8.83 Å². The third-order valence-corrected chi connectivity index (χ3v) is 11.1. The average molecular weight is 731 g/mol. The van der Waals surface area contributed by atoms with Crippen molar-refractivity contribution in [2.45, 2.75) is 0 Å². The molecule has 0 aliphatic heterocycles. The molecule has 4 heterocycles. The van der Waals surface area contributed by atoms with E-state index in [0.29, 0.717) is 17.5 Å². The predicted octanol–water partition coefficient (Wildman–Crippen LogP) is 13.4. The van der Waals surface area contributed by atoms with Gasteiger partial charge in [0.15, 0.2) is 17.5 Å². The molecule has 0 unspecified atom stereocenters. The van der Waals surface area contributed by atoms with Gasteiger partial charge >= 0.3 is 0 Å². The maximum Gasteiger partial charge on any atom is 0.164 e. The van der Waals surface area contributed by atoms with E-state index in [-0.39, 0.29) is 0 Å². The van der Waals surface area contributed by atoms with E-state index in [1.54, 1.807) is 0 Å². The molecule has 0 saturated heterocycles. The van der Waals surface area contributed by atoms with Gasteiger partial charge in [0.1, 0.15) is 22.3 Å². The Morgan fingerprint density at radius 3 is 1.39 bits per heavy atom. The van der Waals surface area contributed by atoms with Gasteiger partial charge in [-0.1, -0.05) is 109 Å². The fourth-order valence-electron chi connectivity index (χ4n) is 8.32. The van der Waals surface area contributed by atoms with Crippen molar-refractivity contribution in [1.82, 2.24) is 19.5 Å². The van der Waals surface area contributed by atoms with Gasteiger partial charge in [-0.05, 0) is 77.9 Å². The van der Waals surface area contributed by atoms with Gasteiger partial charge in [0.2, 0.25) is 0 Å². The summed E-state index contributed by atoms with van der Waals surface area (Å²) in [5, 5.41) is 6.67. The summed E-state index contributed by atoms with van der Waals surface area (Å²) in [5.41, 5.74) is 11.6. The summed E-state index contributed by atoms with van der Waals surface area (Å²) in [4.78, 5) is 14.8. The van der Waals surface area contributed by atoms with E-state index in [9.17, 15) is 0 Å². The zero-order valence-electron chi connectivity index (χ0n) is 30.4. The molecule has 0 N–H and O–H groups in total. The number of aromatic nitrogens is 4. The highest BCUT2D eigenvalue weighted by Gasteiger charge is 2.17. The van der Waals surface area contributed by atoms with Gasteiger partial charge in [-0.25, -0.2) is 15.0 Å². The SMILES string of the molecule is c1ccc(-c2nc(-c3ccccc3)nc(-c3ccc4oc5ccc(-c6ccc7c(c6)oc6cc(-n8c9ccccc9c9ccccc98)ccc67)cc5c4c3)n2)cc1. The molecule has 6 nitrogen and oxygen atoms in total. The Bertz CT molecular complexity index is 3410. The van der Waals surface area contributed by atoms with Crippen molar-refractivity contribution in [1.29, 1.82) is 0 Å². The molecule has 0 fully saturated rings. The summed E-state index contributed by atoms with van der Waals surface area (Å²) in [7, 11) is 0. The maximum atomic E-state index is 6.62. The van der Waals surface area contributed by atoms with Gasteiger partial charge in [0, 0.05) is 60.8 Å². The summed E-state index contributed by atoms with van der Waals surface area (Å²) in [5.74, 6) is 1.86. The van der Waals surface area contributed by atoms with Gasteiger partial charge in [-0.2, -0.15) is 0 Å². The fraction of sp³-hybridized carbons (Fsp3) is 0. The third kappa shape index (κ3) is 5.08. The molecule has 8 aromatic carbocycles. The van der Waals surface area contributed by atoms with E-state index >= 15 is 0 Å². The second-order valence-electron chi connectivity index (χ2n) is 14.4. The summed E-state index contributed by atoms with van der Waals surface area (Å²) >= 11 is 0. The average Bonchev–Trinajstić information content (AvgIpc) is 3.95.